The highest BCUT2D eigenvalue weighted by molar-refractivity contribution is 5.94. The van der Waals surface area contributed by atoms with E-state index < -0.39 is 24.9 Å². The maximum atomic E-state index is 13.3. The molecule has 1 unspecified atom stereocenters. The number of benzene rings is 1. The largest absolute Gasteiger partial charge is 0.389 e. The Morgan fingerprint density at radius 1 is 1.02 bits per heavy atom. The molecule has 3 aliphatic rings. The summed E-state index contributed by atoms with van der Waals surface area (Å²) in [6.45, 7) is 5.41. The van der Waals surface area contributed by atoms with Gasteiger partial charge in [0.2, 0.25) is 11.9 Å². The van der Waals surface area contributed by atoms with Gasteiger partial charge in [-0.15, -0.1) is 5.10 Å². The number of alkyl halides is 3. The molecule has 13 heteroatoms. The van der Waals surface area contributed by atoms with Gasteiger partial charge in [-0.2, -0.15) is 18.2 Å². The lowest BCUT2D eigenvalue weighted by Gasteiger charge is -2.40. The maximum absolute atomic E-state index is 13.3. The van der Waals surface area contributed by atoms with Crippen LogP contribution in [-0.4, -0.2) is 106 Å². The van der Waals surface area contributed by atoms with E-state index in [-0.39, 0.29) is 12.5 Å². The number of morpholine rings is 1. The number of halogens is 3. The molecular formula is C31H36F3N7O3. The number of nitrogens with one attached hydrogen (secondary N) is 1. The van der Waals surface area contributed by atoms with Crippen LogP contribution in [0.25, 0.3) is 11.2 Å². The number of amides is 2. The fourth-order valence-electron chi connectivity index (χ4n) is 6.14. The van der Waals surface area contributed by atoms with Crippen LogP contribution in [0.3, 0.4) is 0 Å². The van der Waals surface area contributed by atoms with Crippen molar-refractivity contribution in [3.05, 3.63) is 59.8 Å². The molecule has 2 aromatic heterocycles. The number of rotatable bonds is 7. The predicted molar refractivity (Wildman–Crippen MR) is 158 cm³/mol. The van der Waals surface area contributed by atoms with Gasteiger partial charge in [-0.3, -0.25) is 14.5 Å². The van der Waals surface area contributed by atoms with E-state index in [1.807, 2.05) is 47.4 Å². The molecule has 234 valence electrons. The second-order valence-electron chi connectivity index (χ2n) is 11.5. The van der Waals surface area contributed by atoms with Crippen LogP contribution in [0.15, 0.2) is 48.7 Å². The zero-order valence-electron chi connectivity index (χ0n) is 24.4. The first-order chi connectivity index (χ1) is 21.2. The molecule has 2 saturated heterocycles. The molecule has 44 heavy (non-hydrogen) atoms. The van der Waals surface area contributed by atoms with Crippen LogP contribution in [0.5, 0.6) is 0 Å². The van der Waals surface area contributed by atoms with E-state index in [0.29, 0.717) is 36.2 Å². The van der Waals surface area contributed by atoms with E-state index in [1.54, 1.807) is 10.7 Å². The van der Waals surface area contributed by atoms with Crippen LogP contribution in [0, 0.1) is 0 Å². The van der Waals surface area contributed by atoms with Gasteiger partial charge in [0.25, 0.3) is 5.91 Å². The van der Waals surface area contributed by atoms with Crippen LogP contribution in [0.2, 0.25) is 0 Å². The van der Waals surface area contributed by atoms with E-state index in [2.05, 4.69) is 20.3 Å². The van der Waals surface area contributed by atoms with Gasteiger partial charge < -0.3 is 19.9 Å². The Bertz CT molecular complexity index is 1520. The average Bonchev–Trinajstić information content (AvgIpc) is 3.46. The number of carbonyl (C=O) groups excluding carboxylic acids is 2. The third-order valence-corrected chi connectivity index (χ3v) is 8.53. The van der Waals surface area contributed by atoms with Gasteiger partial charge in [-0.1, -0.05) is 6.08 Å². The summed E-state index contributed by atoms with van der Waals surface area (Å²) in [5.41, 5.74) is 3.83. The molecule has 2 amide bonds. The number of aromatic nitrogens is 3. The van der Waals surface area contributed by atoms with Gasteiger partial charge in [0.05, 0.1) is 19.6 Å². The van der Waals surface area contributed by atoms with Crippen molar-refractivity contribution in [2.24, 2.45) is 0 Å². The molecule has 0 spiro atoms. The second kappa shape index (κ2) is 12.9. The quantitative estimate of drug-likeness (QED) is 0.424. The number of likely N-dealkylation sites (tertiary alicyclic amines) is 1. The number of hydrogen-bond donors (Lipinski definition) is 1. The van der Waals surface area contributed by atoms with Gasteiger partial charge in [0.1, 0.15) is 0 Å². The molecule has 3 aliphatic heterocycles. The summed E-state index contributed by atoms with van der Waals surface area (Å²) in [7, 11) is 0. The summed E-state index contributed by atoms with van der Waals surface area (Å²) >= 11 is 0. The fraction of sp³-hybridized carbons (Fsp3) is 0.484. The van der Waals surface area contributed by atoms with Gasteiger partial charge in [-0.05, 0) is 61.2 Å². The van der Waals surface area contributed by atoms with E-state index in [9.17, 15) is 22.8 Å². The summed E-state index contributed by atoms with van der Waals surface area (Å²) < 4.78 is 44.7. The summed E-state index contributed by atoms with van der Waals surface area (Å²) in [5.74, 6) is -0.0710. The Kier molecular flexibility index (Phi) is 8.85. The smallest absolute Gasteiger partial charge is 0.379 e. The minimum Gasteiger partial charge on any atom is -0.379 e. The van der Waals surface area contributed by atoms with Crippen molar-refractivity contribution in [1.29, 1.82) is 0 Å². The third-order valence-electron chi connectivity index (χ3n) is 8.53. The highest BCUT2D eigenvalue weighted by atomic mass is 19.4. The van der Waals surface area contributed by atoms with Crippen molar-refractivity contribution in [3.63, 3.8) is 0 Å². The van der Waals surface area contributed by atoms with Crippen LogP contribution < -0.4 is 5.32 Å². The Balaban J connectivity index is 1.08. The number of ether oxygens (including phenoxy) is 1. The van der Waals surface area contributed by atoms with Gasteiger partial charge in [0.15, 0.2) is 5.65 Å². The molecule has 1 aromatic carbocycles. The SMILES string of the molecule is O=C(CCC(F)(F)F)N1CC=C(c2cccn3nc(Nc4ccc(C(=O)N5CCCC(N6CCOCC6)C5)cc4)nc23)CC1. The minimum atomic E-state index is -4.35. The van der Waals surface area contributed by atoms with Crippen molar-refractivity contribution < 1.29 is 27.5 Å². The normalized spacial score (nSPS) is 20.1. The first kappa shape index (κ1) is 30.1. The Labute approximate surface area is 253 Å². The summed E-state index contributed by atoms with van der Waals surface area (Å²) in [6.07, 6.45) is 0.260. The van der Waals surface area contributed by atoms with Crippen molar-refractivity contribution in [1.82, 2.24) is 29.3 Å². The zero-order valence-corrected chi connectivity index (χ0v) is 24.4. The highest BCUT2D eigenvalue weighted by Gasteiger charge is 2.31. The number of nitrogens with zero attached hydrogens (tertiary/aromatic N) is 6. The molecule has 1 atom stereocenters. The van der Waals surface area contributed by atoms with Crippen molar-refractivity contribution in [2.45, 2.75) is 44.3 Å². The fourth-order valence-corrected chi connectivity index (χ4v) is 6.14. The first-order valence-electron chi connectivity index (χ1n) is 15.1. The maximum Gasteiger partial charge on any atom is 0.389 e. The number of piperidine rings is 1. The zero-order chi connectivity index (χ0) is 30.7. The van der Waals surface area contributed by atoms with Crippen LogP contribution in [0.4, 0.5) is 24.8 Å². The first-order valence-corrected chi connectivity index (χ1v) is 15.1. The molecule has 0 aliphatic carbocycles. The Morgan fingerprint density at radius 2 is 1.82 bits per heavy atom. The molecule has 2 fully saturated rings. The lowest BCUT2D eigenvalue weighted by molar-refractivity contribution is -0.148. The van der Waals surface area contributed by atoms with Gasteiger partial charge in [-0.25, -0.2) is 4.52 Å². The standard InChI is InChI=1S/C31H36F3N7O3/c32-31(33,34)12-9-27(42)39-15-10-22(11-16-39)26-4-2-14-41-28(26)36-30(37-41)35-24-7-5-23(6-8-24)29(43)40-13-1-3-25(21-40)38-17-19-44-20-18-38/h2,4-8,10,14,25H,1,3,9,11-13,15-21H2,(H,35,37). The third kappa shape index (κ3) is 7.05. The summed E-state index contributed by atoms with van der Waals surface area (Å²) in [5, 5.41) is 7.76. The average molecular weight is 612 g/mol. The van der Waals surface area contributed by atoms with Crippen LogP contribution in [-0.2, 0) is 9.53 Å². The van der Waals surface area contributed by atoms with E-state index >= 15 is 0 Å². The number of carbonyl (C=O) groups is 2. The van der Waals surface area contributed by atoms with E-state index in [4.69, 9.17) is 4.74 Å². The van der Waals surface area contributed by atoms with E-state index in [0.717, 1.165) is 69.1 Å². The Hall–Kier alpha value is -3.97. The lowest BCUT2D eigenvalue weighted by atomic mass is 10.00. The predicted octanol–water partition coefficient (Wildman–Crippen LogP) is 4.37. The molecule has 0 radical (unpaired) electrons. The van der Waals surface area contributed by atoms with E-state index in [1.165, 1.54) is 4.90 Å². The van der Waals surface area contributed by atoms with Gasteiger partial charge >= 0.3 is 6.18 Å². The molecule has 5 heterocycles. The highest BCUT2D eigenvalue weighted by Crippen LogP contribution is 2.28. The lowest BCUT2D eigenvalue weighted by Crippen LogP contribution is -2.52. The van der Waals surface area contributed by atoms with Crippen molar-refractivity contribution in [3.8, 4) is 0 Å². The Morgan fingerprint density at radius 3 is 2.55 bits per heavy atom. The number of anilines is 2. The molecule has 3 aromatic rings. The molecule has 6 rings (SSSR count). The van der Waals surface area contributed by atoms with Crippen molar-refractivity contribution in [2.75, 3.05) is 57.8 Å². The molecule has 0 bridgehead atoms. The summed E-state index contributed by atoms with van der Waals surface area (Å²) in [6, 6.07) is 11.5. The minimum absolute atomic E-state index is 0.0337. The number of fused-ring (bicyclic) bond motifs is 1. The van der Waals surface area contributed by atoms with Crippen LogP contribution >= 0.6 is 0 Å². The monoisotopic (exact) mass is 611 g/mol. The van der Waals surface area contributed by atoms with Gasteiger partial charge in [0, 0.05) is 74.7 Å². The van der Waals surface area contributed by atoms with Crippen LogP contribution in [0.1, 0.15) is 48.0 Å². The molecule has 0 saturated carbocycles. The van der Waals surface area contributed by atoms with Crippen molar-refractivity contribution >= 4 is 34.7 Å². The topological polar surface area (TPSA) is 95.3 Å². The summed E-state index contributed by atoms with van der Waals surface area (Å²) in [4.78, 5) is 36.0. The molecule has 1 N–H and O–H groups in total. The second-order valence-corrected chi connectivity index (χ2v) is 11.5. The number of pyridine rings is 1. The molecular weight excluding hydrogens is 575 g/mol. The number of hydrogen-bond acceptors (Lipinski definition) is 7. The molecule has 10 nitrogen and oxygen atoms in total.